The van der Waals surface area contributed by atoms with Crippen molar-refractivity contribution in [2.75, 3.05) is 7.11 Å². The van der Waals surface area contributed by atoms with E-state index in [4.69, 9.17) is 9.47 Å². The molecule has 3 saturated carbocycles. The zero-order chi connectivity index (χ0) is 20.8. The Morgan fingerprint density at radius 2 is 1.90 bits per heavy atom. The summed E-state index contributed by atoms with van der Waals surface area (Å²) in [5, 5.41) is 23.4. The van der Waals surface area contributed by atoms with Gasteiger partial charge in [0.05, 0.1) is 7.11 Å². The molecule has 0 spiro atoms. The van der Waals surface area contributed by atoms with Crippen LogP contribution in [0.1, 0.15) is 69.9 Å². The van der Waals surface area contributed by atoms with E-state index in [1.54, 1.807) is 14.0 Å². The lowest BCUT2D eigenvalue weighted by Gasteiger charge is -2.57. The minimum Gasteiger partial charge on any atom is -0.497 e. The van der Waals surface area contributed by atoms with E-state index in [-0.39, 0.29) is 11.9 Å². The average Bonchev–Trinajstić information content (AvgIpc) is 2.99. The molecule has 0 unspecified atom stereocenters. The summed E-state index contributed by atoms with van der Waals surface area (Å²) in [6.45, 7) is 5.22. The number of hydrogen-bond donors (Lipinski definition) is 2. The molecule has 4 aliphatic carbocycles. The van der Waals surface area contributed by atoms with Crippen LogP contribution in [-0.4, -0.2) is 40.6 Å². The van der Waals surface area contributed by atoms with Gasteiger partial charge in [0.25, 0.3) is 0 Å². The number of fused-ring (bicyclic) bond motifs is 3. The number of aliphatic hydroxyl groups is 2. The van der Waals surface area contributed by atoms with Gasteiger partial charge in [0, 0.05) is 17.8 Å². The zero-order valence-corrected chi connectivity index (χ0v) is 17.8. The largest absolute Gasteiger partial charge is 0.497 e. The van der Waals surface area contributed by atoms with E-state index in [2.05, 4.69) is 19.1 Å². The molecule has 1 aromatic rings. The van der Waals surface area contributed by atoms with Crippen molar-refractivity contribution in [3.63, 3.8) is 0 Å². The summed E-state index contributed by atoms with van der Waals surface area (Å²) >= 11 is 0. The van der Waals surface area contributed by atoms with Crippen LogP contribution >= 0.6 is 0 Å². The summed E-state index contributed by atoms with van der Waals surface area (Å²) in [5.74, 6) is 1.13. The molecule has 0 amide bonds. The zero-order valence-electron chi connectivity index (χ0n) is 17.8. The third-order valence-electron chi connectivity index (χ3n) is 9.52. The highest BCUT2D eigenvalue weighted by Gasteiger charge is 2.85. The summed E-state index contributed by atoms with van der Waals surface area (Å²) in [4.78, 5) is 12.0. The van der Waals surface area contributed by atoms with Gasteiger partial charge in [-0.3, -0.25) is 4.79 Å². The van der Waals surface area contributed by atoms with Crippen molar-refractivity contribution < 1.29 is 24.5 Å². The molecule has 3 fully saturated rings. The number of ether oxygens (including phenoxy) is 2. The minimum atomic E-state index is -1.44. The number of methoxy groups -OCH3 is 1. The average molecular weight is 401 g/mol. The Morgan fingerprint density at radius 1 is 1.14 bits per heavy atom. The predicted molar refractivity (Wildman–Crippen MR) is 108 cm³/mol. The van der Waals surface area contributed by atoms with Gasteiger partial charge in [-0.15, -0.1) is 0 Å². The fraction of sp³-hybridized carbons (Fsp3) is 0.708. The first kappa shape index (κ1) is 19.4. The van der Waals surface area contributed by atoms with Crippen LogP contribution in [0.25, 0.3) is 0 Å². The Hall–Kier alpha value is -1.59. The van der Waals surface area contributed by atoms with Crippen molar-refractivity contribution in [1.29, 1.82) is 0 Å². The molecule has 5 rings (SSSR count). The van der Waals surface area contributed by atoms with E-state index in [0.717, 1.165) is 37.9 Å². The van der Waals surface area contributed by atoms with E-state index in [1.807, 2.05) is 6.07 Å². The number of esters is 1. The molecule has 2 bridgehead atoms. The van der Waals surface area contributed by atoms with E-state index < -0.39 is 28.1 Å². The molecular formula is C24H32O5. The topological polar surface area (TPSA) is 76.0 Å². The standard InChI is InChI=1S/C24H32O5/c1-14(25)29-20-22(3,26)24(27)12-11-23(20)19-8-5-15-13-16(28-4)6-7-17(15)18(19)9-10-21(23,24)2/h6-7,13,18-20,26-27H,5,8-12H2,1-4H3/t18-,19-,20-,21+,22+,23-,24+/m1/s1. The first-order valence-corrected chi connectivity index (χ1v) is 10.9. The Morgan fingerprint density at radius 3 is 2.59 bits per heavy atom. The number of aryl methyl sites for hydroxylation is 1. The minimum absolute atomic E-state index is 0.273. The molecule has 29 heavy (non-hydrogen) atoms. The third kappa shape index (κ3) is 2.01. The molecule has 1 aromatic carbocycles. The van der Waals surface area contributed by atoms with Crippen molar-refractivity contribution in [2.24, 2.45) is 16.7 Å². The number of carbonyl (C=O) groups is 1. The lowest BCUT2D eigenvalue weighted by atomic mass is 9.47. The van der Waals surface area contributed by atoms with Crippen LogP contribution in [0.15, 0.2) is 18.2 Å². The van der Waals surface area contributed by atoms with Gasteiger partial charge in [-0.2, -0.15) is 0 Å². The van der Waals surface area contributed by atoms with Crippen LogP contribution < -0.4 is 4.74 Å². The second-order valence-corrected chi connectivity index (χ2v) is 10.2. The van der Waals surface area contributed by atoms with E-state index >= 15 is 0 Å². The summed E-state index contributed by atoms with van der Waals surface area (Å²) in [6, 6.07) is 6.38. The van der Waals surface area contributed by atoms with Crippen LogP contribution in [0.2, 0.25) is 0 Å². The third-order valence-corrected chi connectivity index (χ3v) is 9.52. The number of rotatable bonds is 2. The fourth-order valence-corrected chi connectivity index (χ4v) is 8.32. The molecule has 0 heterocycles. The Labute approximate surface area is 172 Å². The quantitative estimate of drug-likeness (QED) is 0.745. The summed E-state index contributed by atoms with van der Waals surface area (Å²) in [5.41, 5.74) is -0.840. The highest BCUT2D eigenvalue weighted by Crippen LogP contribution is 2.80. The van der Waals surface area contributed by atoms with Gasteiger partial charge < -0.3 is 19.7 Å². The lowest BCUT2D eigenvalue weighted by Crippen LogP contribution is -2.59. The smallest absolute Gasteiger partial charge is 0.303 e. The summed E-state index contributed by atoms with van der Waals surface area (Å²) < 4.78 is 11.3. The molecule has 158 valence electrons. The van der Waals surface area contributed by atoms with Crippen molar-refractivity contribution in [1.82, 2.24) is 0 Å². The summed E-state index contributed by atoms with van der Waals surface area (Å²) in [6.07, 6.45) is 4.40. The maximum Gasteiger partial charge on any atom is 0.303 e. The lowest BCUT2D eigenvalue weighted by molar-refractivity contribution is -0.210. The van der Waals surface area contributed by atoms with Crippen molar-refractivity contribution >= 4 is 5.97 Å². The summed E-state index contributed by atoms with van der Waals surface area (Å²) in [7, 11) is 1.70. The SMILES string of the molecule is COc1ccc2c(c1)CC[C@@H]1[C@@H]2CC[C@@]2(C)[C@]13CC[C@@]2(O)[C@@](C)(O)[C@H]3OC(C)=O. The number of hydrogen-bond acceptors (Lipinski definition) is 5. The Balaban J connectivity index is 1.66. The normalized spacial score (nSPS) is 47.2. The van der Waals surface area contributed by atoms with Gasteiger partial charge >= 0.3 is 5.97 Å². The van der Waals surface area contributed by atoms with Crippen LogP contribution in [0.4, 0.5) is 0 Å². The first-order valence-electron chi connectivity index (χ1n) is 10.9. The maximum absolute atomic E-state index is 12.0. The molecule has 7 atom stereocenters. The molecule has 5 heteroatoms. The van der Waals surface area contributed by atoms with Crippen LogP contribution in [0.5, 0.6) is 5.75 Å². The second-order valence-electron chi connectivity index (χ2n) is 10.2. The van der Waals surface area contributed by atoms with Crippen LogP contribution in [0.3, 0.4) is 0 Å². The monoisotopic (exact) mass is 400 g/mol. The number of benzene rings is 1. The molecule has 0 saturated heterocycles. The van der Waals surface area contributed by atoms with E-state index in [0.29, 0.717) is 12.3 Å². The fourth-order valence-electron chi connectivity index (χ4n) is 8.32. The molecule has 2 N–H and O–H groups in total. The highest BCUT2D eigenvalue weighted by atomic mass is 16.6. The molecule has 0 aromatic heterocycles. The van der Waals surface area contributed by atoms with Gasteiger partial charge in [-0.1, -0.05) is 13.0 Å². The number of carbonyl (C=O) groups excluding carboxylic acids is 1. The van der Waals surface area contributed by atoms with E-state index in [1.165, 1.54) is 18.1 Å². The highest BCUT2D eigenvalue weighted by molar-refractivity contribution is 5.67. The predicted octanol–water partition coefficient (Wildman–Crippen LogP) is 3.35. The first-order chi connectivity index (χ1) is 13.6. The maximum atomic E-state index is 12.0. The molecule has 4 aliphatic rings. The van der Waals surface area contributed by atoms with Crippen molar-refractivity contribution in [2.45, 2.75) is 82.5 Å². The second kappa shape index (κ2) is 5.76. The Bertz CT molecular complexity index is 878. The van der Waals surface area contributed by atoms with Gasteiger partial charge in [-0.25, -0.2) is 0 Å². The molecule has 0 aliphatic heterocycles. The van der Waals surface area contributed by atoms with Gasteiger partial charge in [-0.05, 0) is 80.5 Å². The van der Waals surface area contributed by atoms with Crippen molar-refractivity contribution in [3.8, 4) is 5.75 Å². The van der Waals surface area contributed by atoms with Gasteiger partial charge in [0.2, 0.25) is 0 Å². The molecule has 0 radical (unpaired) electrons. The molecular weight excluding hydrogens is 368 g/mol. The molecule has 5 nitrogen and oxygen atoms in total. The van der Waals surface area contributed by atoms with Crippen LogP contribution in [-0.2, 0) is 16.0 Å². The van der Waals surface area contributed by atoms with Gasteiger partial charge in [0.1, 0.15) is 23.1 Å². The van der Waals surface area contributed by atoms with Gasteiger partial charge in [0.15, 0.2) is 0 Å². The van der Waals surface area contributed by atoms with E-state index in [9.17, 15) is 15.0 Å². The Kier molecular flexibility index (Phi) is 3.85. The van der Waals surface area contributed by atoms with Crippen LogP contribution in [0, 0.1) is 16.7 Å². The van der Waals surface area contributed by atoms with Crippen molar-refractivity contribution in [3.05, 3.63) is 29.3 Å².